The van der Waals surface area contributed by atoms with Crippen LogP contribution < -0.4 is 10.7 Å². The highest BCUT2D eigenvalue weighted by Gasteiger charge is 2.07. The van der Waals surface area contributed by atoms with Crippen molar-refractivity contribution in [3.05, 3.63) is 65.0 Å². The van der Waals surface area contributed by atoms with E-state index >= 15 is 0 Å². The van der Waals surface area contributed by atoms with Gasteiger partial charge in [0.15, 0.2) is 5.13 Å². The maximum atomic E-state index is 11.9. The SMILES string of the molecule is Cc1ccc(O)c(/C=N/NC(=O)Nc2nc(-c3ccccc3)cs2)c1. The first-order valence-electron chi connectivity index (χ1n) is 7.52. The smallest absolute Gasteiger partial charge is 0.341 e. The number of rotatable bonds is 4. The maximum absolute atomic E-state index is 11.9. The molecule has 25 heavy (non-hydrogen) atoms. The number of aromatic hydroxyl groups is 1. The summed E-state index contributed by atoms with van der Waals surface area (Å²) < 4.78 is 0. The minimum atomic E-state index is -0.502. The molecule has 0 radical (unpaired) electrons. The molecule has 0 atom stereocenters. The lowest BCUT2D eigenvalue weighted by Crippen LogP contribution is -2.24. The number of hydrogen-bond donors (Lipinski definition) is 3. The molecule has 3 N–H and O–H groups in total. The quantitative estimate of drug-likeness (QED) is 0.490. The Morgan fingerprint density at radius 2 is 2.04 bits per heavy atom. The van der Waals surface area contributed by atoms with Crippen LogP contribution in [-0.2, 0) is 0 Å². The van der Waals surface area contributed by atoms with E-state index in [2.05, 4.69) is 20.8 Å². The van der Waals surface area contributed by atoms with E-state index in [9.17, 15) is 9.90 Å². The molecule has 3 aromatic rings. The molecule has 7 heteroatoms. The molecule has 2 aromatic carbocycles. The number of phenolic OH excluding ortho intramolecular Hbond substituents is 1. The summed E-state index contributed by atoms with van der Waals surface area (Å²) in [6.45, 7) is 1.91. The molecule has 0 saturated carbocycles. The van der Waals surface area contributed by atoms with Crippen molar-refractivity contribution in [2.24, 2.45) is 5.10 Å². The second-order valence-electron chi connectivity index (χ2n) is 5.29. The first-order chi connectivity index (χ1) is 12.1. The summed E-state index contributed by atoms with van der Waals surface area (Å²) >= 11 is 1.33. The number of nitrogens with zero attached hydrogens (tertiary/aromatic N) is 2. The summed E-state index contributed by atoms with van der Waals surface area (Å²) in [5.74, 6) is 0.101. The number of carbonyl (C=O) groups excluding carboxylic acids is 1. The average Bonchev–Trinajstić information content (AvgIpc) is 3.07. The van der Waals surface area contributed by atoms with Crippen LogP contribution >= 0.6 is 11.3 Å². The fourth-order valence-corrected chi connectivity index (χ4v) is 2.85. The third kappa shape index (κ3) is 4.42. The molecule has 1 heterocycles. The van der Waals surface area contributed by atoms with Crippen LogP contribution in [-0.4, -0.2) is 22.3 Å². The summed E-state index contributed by atoms with van der Waals surface area (Å²) in [5.41, 5.74) is 5.65. The molecule has 0 saturated heterocycles. The second kappa shape index (κ2) is 7.59. The fourth-order valence-electron chi connectivity index (χ4n) is 2.14. The molecular formula is C18H16N4O2S. The van der Waals surface area contributed by atoms with Gasteiger partial charge in [0.2, 0.25) is 0 Å². The zero-order valence-electron chi connectivity index (χ0n) is 13.4. The lowest BCUT2D eigenvalue weighted by molar-refractivity contribution is 0.252. The van der Waals surface area contributed by atoms with Gasteiger partial charge >= 0.3 is 6.03 Å². The third-order valence-corrected chi connectivity index (χ3v) is 4.10. The van der Waals surface area contributed by atoms with Gasteiger partial charge in [0, 0.05) is 16.5 Å². The Balaban J connectivity index is 1.59. The predicted molar refractivity (Wildman–Crippen MR) is 100 cm³/mol. The Bertz CT molecular complexity index is 906. The molecule has 126 valence electrons. The molecule has 0 aliphatic rings. The third-order valence-electron chi connectivity index (χ3n) is 3.35. The average molecular weight is 352 g/mol. The lowest BCUT2D eigenvalue weighted by atomic mass is 10.1. The van der Waals surface area contributed by atoms with Crippen molar-refractivity contribution in [3.8, 4) is 17.0 Å². The largest absolute Gasteiger partial charge is 0.507 e. The van der Waals surface area contributed by atoms with Gasteiger partial charge in [-0.3, -0.25) is 5.32 Å². The molecule has 0 aliphatic heterocycles. The molecule has 1 aromatic heterocycles. The summed E-state index contributed by atoms with van der Waals surface area (Å²) in [7, 11) is 0. The van der Waals surface area contributed by atoms with Gasteiger partial charge in [0.1, 0.15) is 5.75 Å². The number of carbonyl (C=O) groups is 1. The van der Waals surface area contributed by atoms with Gasteiger partial charge in [-0.2, -0.15) is 5.10 Å². The standard InChI is InChI=1S/C18H16N4O2S/c1-12-7-8-16(23)14(9-12)10-19-22-17(24)21-18-20-15(11-25-18)13-5-3-2-4-6-13/h2-11,23H,1H3,(H2,20,21,22,24)/b19-10+. The zero-order chi connectivity index (χ0) is 17.6. The van der Waals surface area contributed by atoms with Crippen molar-refractivity contribution < 1.29 is 9.90 Å². The van der Waals surface area contributed by atoms with Gasteiger partial charge in [-0.15, -0.1) is 11.3 Å². The van der Waals surface area contributed by atoms with E-state index in [4.69, 9.17) is 0 Å². The van der Waals surface area contributed by atoms with Crippen molar-refractivity contribution in [2.45, 2.75) is 6.92 Å². The molecule has 2 amide bonds. The summed E-state index contributed by atoms with van der Waals surface area (Å²) in [5, 5.41) is 18.5. The van der Waals surface area contributed by atoms with E-state index in [1.807, 2.05) is 42.6 Å². The number of thiazole rings is 1. The van der Waals surface area contributed by atoms with Gasteiger partial charge in [-0.05, 0) is 19.1 Å². The van der Waals surface area contributed by atoms with Gasteiger partial charge in [0.25, 0.3) is 0 Å². The first kappa shape index (κ1) is 16.7. The van der Waals surface area contributed by atoms with Gasteiger partial charge < -0.3 is 5.11 Å². The number of phenols is 1. The molecule has 0 aliphatic carbocycles. The number of nitrogens with one attached hydrogen (secondary N) is 2. The second-order valence-corrected chi connectivity index (χ2v) is 6.15. The van der Waals surface area contributed by atoms with Crippen LogP contribution in [0.2, 0.25) is 0 Å². The maximum Gasteiger partial charge on any atom is 0.341 e. The van der Waals surface area contributed by atoms with Crippen molar-refractivity contribution in [1.29, 1.82) is 0 Å². The van der Waals surface area contributed by atoms with E-state index in [0.717, 1.165) is 16.8 Å². The molecular weight excluding hydrogens is 336 g/mol. The summed E-state index contributed by atoms with van der Waals surface area (Å²) in [4.78, 5) is 16.2. The van der Waals surface area contributed by atoms with Crippen LogP contribution in [0.25, 0.3) is 11.3 Å². The molecule has 0 fully saturated rings. The van der Waals surface area contributed by atoms with Crippen LogP contribution in [0.3, 0.4) is 0 Å². The van der Waals surface area contributed by atoms with E-state index in [-0.39, 0.29) is 5.75 Å². The topological polar surface area (TPSA) is 86.6 Å². The minimum Gasteiger partial charge on any atom is -0.507 e. The Morgan fingerprint density at radius 1 is 1.24 bits per heavy atom. The number of hydrazone groups is 1. The number of benzene rings is 2. The van der Waals surface area contributed by atoms with Gasteiger partial charge in [0.05, 0.1) is 11.9 Å². The van der Waals surface area contributed by atoms with Crippen LogP contribution in [0.5, 0.6) is 5.75 Å². The summed E-state index contributed by atoms with van der Waals surface area (Å²) in [6.07, 6.45) is 1.39. The molecule has 6 nitrogen and oxygen atoms in total. The Labute approximate surface area is 148 Å². The number of amides is 2. The molecule has 3 rings (SSSR count). The normalized spacial score (nSPS) is 10.8. The number of aryl methyl sites for hydroxylation is 1. The van der Waals surface area contributed by atoms with E-state index < -0.39 is 6.03 Å². The highest BCUT2D eigenvalue weighted by atomic mass is 32.1. The number of urea groups is 1. The monoisotopic (exact) mass is 352 g/mol. The fraction of sp³-hybridized carbons (Fsp3) is 0.0556. The Kier molecular flexibility index (Phi) is 5.06. The number of aromatic nitrogens is 1. The van der Waals surface area contributed by atoms with Crippen LogP contribution in [0, 0.1) is 6.92 Å². The molecule has 0 unspecified atom stereocenters. The molecule has 0 bridgehead atoms. The minimum absolute atomic E-state index is 0.101. The number of hydrogen-bond acceptors (Lipinski definition) is 5. The predicted octanol–water partition coefficient (Wildman–Crippen LogP) is 3.98. The van der Waals surface area contributed by atoms with E-state index in [0.29, 0.717) is 10.7 Å². The van der Waals surface area contributed by atoms with Crippen molar-refractivity contribution >= 4 is 28.7 Å². The summed E-state index contributed by atoms with van der Waals surface area (Å²) in [6, 6.07) is 14.4. The van der Waals surface area contributed by atoms with Crippen molar-refractivity contribution in [1.82, 2.24) is 10.4 Å². The van der Waals surface area contributed by atoms with Crippen LogP contribution in [0.4, 0.5) is 9.93 Å². The van der Waals surface area contributed by atoms with Crippen molar-refractivity contribution in [2.75, 3.05) is 5.32 Å². The lowest BCUT2D eigenvalue weighted by Gasteiger charge is -2.01. The van der Waals surface area contributed by atoms with Crippen LogP contribution in [0.1, 0.15) is 11.1 Å². The number of anilines is 1. The van der Waals surface area contributed by atoms with Gasteiger partial charge in [-0.1, -0.05) is 42.0 Å². The van der Waals surface area contributed by atoms with Crippen molar-refractivity contribution in [3.63, 3.8) is 0 Å². The Morgan fingerprint density at radius 3 is 2.84 bits per heavy atom. The zero-order valence-corrected chi connectivity index (χ0v) is 14.2. The van der Waals surface area contributed by atoms with E-state index in [1.54, 1.807) is 18.2 Å². The Hall–Kier alpha value is -3.19. The first-order valence-corrected chi connectivity index (χ1v) is 8.40. The van der Waals surface area contributed by atoms with E-state index in [1.165, 1.54) is 17.6 Å². The molecule has 0 spiro atoms. The highest BCUT2D eigenvalue weighted by Crippen LogP contribution is 2.24. The van der Waals surface area contributed by atoms with Gasteiger partial charge in [-0.25, -0.2) is 15.2 Å². The van der Waals surface area contributed by atoms with Crippen LogP contribution in [0.15, 0.2) is 59.0 Å². The highest BCUT2D eigenvalue weighted by molar-refractivity contribution is 7.14.